The zero-order valence-electron chi connectivity index (χ0n) is 13.2. The van der Waals surface area contributed by atoms with E-state index < -0.39 is 10.8 Å². The normalized spacial score (nSPS) is 10.5. The Kier molecular flexibility index (Phi) is 5.20. The van der Waals surface area contributed by atoms with Gasteiger partial charge in [-0.2, -0.15) is 5.10 Å². The average Bonchev–Trinajstić information content (AvgIpc) is 3.04. The van der Waals surface area contributed by atoms with Crippen molar-refractivity contribution >= 4 is 40.6 Å². The lowest BCUT2D eigenvalue weighted by Gasteiger charge is -2.04. The molecule has 7 nitrogen and oxygen atoms in total. The van der Waals surface area contributed by atoms with Gasteiger partial charge in [0, 0.05) is 28.9 Å². The summed E-state index contributed by atoms with van der Waals surface area (Å²) in [6.45, 7) is 0.513. The van der Waals surface area contributed by atoms with Crippen LogP contribution in [0.5, 0.6) is 0 Å². The topological polar surface area (TPSA) is 90.1 Å². The molecule has 3 rings (SSSR count). The molecule has 0 aliphatic carbocycles. The Morgan fingerprint density at radius 3 is 2.58 bits per heavy atom. The number of rotatable bonds is 5. The van der Waals surface area contributed by atoms with Crippen LogP contribution >= 0.6 is 23.2 Å². The average molecular weight is 391 g/mol. The largest absolute Gasteiger partial charge is 0.305 e. The monoisotopic (exact) mass is 390 g/mol. The fourth-order valence-electron chi connectivity index (χ4n) is 2.28. The molecule has 0 fully saturated rings. The molecular formula is C17H12Cl2N4O3. The molecule has 0 atom stereocenters. The highest BCUT2D eigenvalue weighted by Gasteiger charge is 2.17. The molecule has 2 aromatic carbocycles. The summed E-state index contributed by atoms with van der Waals surface area (Å²) in [5.74, 6) is -0.178. The quantitative estimate of drug-likeness (QED) is 0.516. The van der Waals surface area contributed by atoms with Gasteiger partial charge in [0.25, 0.3) is 11.6 Å². The van der Waals surface area contributed by atoms with Crippen molar-refractivity contribution in [3.8, 4) is 0 Å². The Hall–Kier alpha value is -2.90. The number of nitro benzene ring substituents is 1. The van der Waals surface area contributed by atoms with Crippen LogP contribution in [0.4, 0.5) is 11.5 Å². The van der Waals surface area contributed by atoms with Crippen molar-refractivity contribution in [3.05, 3.63) is 86.0 Å². The smallest absolute Gasteiger partial charge is 0.288 e. The first kappa shape index (κ1) is 17.9. The van der Waals surface area contributed by atoms with Gasteiger partial charge >= 0.3 is 0 Å². The number of nitrogens with one attached hydrogen (secondary N) is 1. The van der Waals surface area contributed by atoms with Gasteiger partial charge in [-0.05, 0) is 29.8 Å². The van der Waals surface area contributed by atoms with Gasteiger partial charge in [-0.15, -0.1) is 0 Å². The Balaban J connectivity index is 1.70. The van der Waals surface area contributed by atoms with E-state index in [2.05, 4.69) is 10.4 Å². The van der Waals surface area contributed by atoms with Gasteiger partial charge in [0.1, 0.15) is 5.02 Å². The minimum absolute atomic E-state index is 0.0289. The van der Waals surface area contributed by atoms with E-state index in [1.54, 1.807) is 29.1 Å². The first-order valence-corrected chi connectivity index (χ1v) is 8.21. The standard InChI is InChI=1S/C17H12Cl2N4O3/c18-13-4-1-11(2-5-13)10-22-8-7-16(21-22)20-17(24)12-3-6-14(19)15(9-12)23(25)26/h1-9H,10H2,(H,20,21,24). The highest BCUT2D eigenvalue weighted by Crippen LogP contribution is 2.25. The molecule has 0 aliphatic heterocycles. The number of hydrogen-bond acceptors (Lipinski definition) is 4. The summed E-state index contributed by atoms with van der Waals surface area (Å²) in [4.78, 5) is 22.5. The molecule has 9 heteroatoms. The summed E-state index contributed by atoms with van der Waals surface area (Å²) < 4.78 is 1.66. The van der Waals surface area contributed by atoms with Crippen molar-refractivity contribution in [2.45, 2.75) is 6.54 Å². The number of aromatic nitrogens is 2. The molecule has 1 N–H and O–H groups in total. The number of anilines is 1. The molecule has 0 radical (unpaired) electrons. The zero-order valence-corrected chi connectivity index (χ0v) is 14.7. The lowest BCUT2D eigenvalue weighted by molar-refractivity contribution is -0.384. The van der Waals surface area contributed by atoms with Gasteiger partial charge in [-0.1, -0.05) is 35.3 Å². The third kappa shape index (κ3) is 4.19. The molecule has 26 heavy (non-hydrogen) atoms. The second-order valence-electron chi connectivity index (χ2n) is 5.40. The van der Waals surface area contributed by atoms with Crippen LogP contribution in [0.25, 0.3) is 0 Å². The van der Waals surface area contributed by atoms with E-state index in [-0.39, 0.29) is 16.3 Å². The van der Waals surface area contributed by atoms with Crippen molar-refractivity contribution < 1.29 is 9.72 Å². The van der Waals surface area contributed by atoms with E-state index in [9.17, 15) is 14.9 Å². The van der Waals surface area contributed by atoms with Gasteiger partial charge in [-0.3, -0.25) is 19.6 Å². The zero-order chi connectivity index (χ0) is 18.7. The van der Waals surface area contributed by atoms with Crippen LogP contribution in [0.15, 0.2) is 54.7 Å². The first-order chi connectivity index (χ1) is 12.4. The third-order valence-electron chi connectivity index (χ3n) is 3.55. The first-order valence-electron chi connectivity index (χ1n) is 7.45. The number of benzene rings is 2. The van der Waals surface area contributed by atoms with E-state index in [0.717, 1.165) is 11.6 Å². The van der Waals surface area contributed by atoms with Crippen molar-refractivity contribution in [2.75, 3.05) is 5.32 Å². The number of carbonyl (C=O) groups excluding carboxylic acids is 1. The maximum absolute atomic E-state index is 12.3. The van der Waals surface area contributed by atoms with Gasteiger partial charge in [0.05, 0.1) is 11.5 Å². The maximum atomic E-state index is 12.3. The van der Waals surface area contributed by atoms with Crippen molar-refractivity contribution in [1.82, 2.24) is 9.78 Å². The SMILES string of the molecule is O=C(Nc1ccn(Cc2ccc(Cl)cc2)n1)c1ccc(Cl)c([N+](=O)[O-])c1. The van der Waals surface area contributed by atoms with Gasteiger partial charge in [0.15, 0.2) is 5.82 Å². The Morgan fingerprint density at radius 1 is 1.15 bits per heavy atom. The highest BCUT2D eigenvalue weighted by molar-refractivity contribution is 6.32. The molecule has 0 saturated heterocycles. The van der Waals surface area contributed by atoms with E-state index >= 15 is 0 Å². The lowest BCUT2D eigenvalue weighted by atomic mass is 10.2. The molecule has 1 aromatic heterocycles. The molecule has 0 bridgehead atoms. The van der Waals surface area contributed by atoms with Crippen molar-refractivity contribution in [1.29, 1.82) is 0 Å². The number of amides is 1. The molecule has 0 unspecified atom stereocenters. The predicted molar refractivity (Wildman–Crippen MR) is 98.8 cm³/mol. The summed E-state index contributed by atoms with van der Waals surface area (Å²) >= 11 is 11.6. The fraction of sp³-hybridized carbons (Fsp3) is 0.0588. The van der Waals surface area contributed by atoms with E-state index in [0.29, 0.717) is 17.4 Å². The van der Waals surface area contributed by atoms with Gasteiger partial charge in [0.2, 0.25) is 0 Å². The summed E-state index contributed by atoms with van der Waals surface area (Å²) in [6.07, 6.45) is 1.72. The van der Waals surface area contributed by atoms with Crippen molar-refractivity contribution in [2.24, 2.45) is 0 Å². The van der Waals surface area contributed by atoms with Crippen LogP contribution in [0.3, 0.4) is 0 Å². The van der Waals surface area contributed by atoms with Crippen LogP contribution in [0.1, 0.15) is 15.9 Å². The summed E-state index contributed by atoms with van der Waals surface area (Å²) in [6, 6.07) is 12.8. The molecule has 0 saturated carbocycles. The number of carbonyl (C=O) groups is 1. The number of nitro groups is 1. The number of halogens is 2. The number of hydrogen-bond donors (Lipinski definition) is 1. The summed E-state index contributed by atoms with van der Waals surface area (Å²) in [5, 5.41) is 18.4. The molecule has 1 amide bonds. The Bertz CT molecular complexity index is 970. The Morgan fingerprint density at radius 2 is 1.88 bits per heavy atom. The van der Waals surface area contributed by atoms with Crippen LogP contribution in [-0.4, -0.2) is 20.6 Å². The lowest BCUT2D eigenvalue weighted by Crippen LogP contribution is -2.13. The molecule has 3 aromatic rings. The molecule has 1 heterocycles. The molecule has 132 valence electrons. The molecular weight excluding hydrogens is 379 g/mol. The summed E-state index contributed by atoms with van der Waals surface area (Å²) in [5.41, 5.74) is 0.796. The van der Waals surface area contributed by atoms with Gasteiger partial charge < -0.3 is 5.32 Å². The predicted octanol–water partition coefficient (Wildman–Crippen LogP) is 4.40. The van der Waals surface area contributed by atoms with Crippen LogP contribution in [-0.2, 0) is 6.54 Å². The van der Waals surface area contributed by atoms with Gasteiger partial charge in [-0.25, -0.2) is 0 Å². The van der Waals surface area contributed by atoms with E-state index in [1.165, 1.54) is 12.1 Å². The highest BCUT2D eigenvalue weighted by atomic mass is 35.5. The third-order valence-corrected chi connectivity index (χ3v) is 4.12. The van der Waals surface area contributed by atoms with Crippen LogP contribution in [0.2, 0.25) is 10.0 Å². The minimum Gasteiger partial charge on any atom is -0.305 e. The maximum Gasteiger partial charge on any atom is 0.288 e. The second kappa shape index (κ2) is 7.55. The van der Waals surface area contributed by atoms with Crippen LogP contribution in [0, 0.1) is 10.1 Å². The van der Waals surface area contributed by atoms with E-state index in [1.807, 2.05) is 12.1 Å². The molecule has 0 spiro atoms. The molecule has 0 aliphatic rings. The summed E-state index contributed by atoms with van der Waals surface area (Å²) in [7, 11) is 0. The van der Waals surface area contributed by atoms with Crippen molar-refractivity contribution in [3.63, 3.8) is 0 Å². The second-order valence-corrected chi connectivity index (χ2v) is 6.25. The van der Waals surface area contributed by atoms with E-state index in [4.69, 9.17) is 23.2 Å². The fourth-order valence-corrected chi connectivity index (χ4v) is 2.59. The number of nitrogens with zero attached hydrogens (tertiary/aromatic N) is 3. The minimum atomic E-state index is -0.639. The Labute approximate surface area is 158 Å². The van der Waals surface area contributed by atoms with Crippen LogP contribution < -0.4 is 5.32 Å².